The summed E-state index contributed by atoms with van der Waals surface area (Å²) in [7, 11) is 0. The number of furan rings is 1. The van der Waals surface area contributed by atoms with E-state index in [1.807, 2.05) is 24.3 Å². The Balaban J connectivity index is 1.82. The monoisotopic (exact) mass is 355 g/mol. The number of hydrogen-bond acceptors (Lipinski definition) is 5. The van der Waals surface area contributed by atoms with Crippen LogP contribution in [0.1, 0.15) is 36.7 Å². The summed E-state index contributed by atoms with van der Waals surface area (Å²) < 4.78 is 5.21. The van der Waals surface area contributed by atoms with Crippen LogP contribution >= 0.6 is 11.8 Å². The van der Waals surface area contributed by atoms with E-state index >= 15 is 0 Å². The summed E-state index contributed by atoms with van der Waals surface area (Å²) in [5.41, 5.74) is 2.29. The van der Waals surface area contributed by atoms with E-state index in [0.29, 0.717) is 17.5 Å². The summed E-state index contributed by atoms with van der Waals surface area (Å²) >= 11 is 1.50. The van der Waals surface area contributed by atoms with Crippen molar-refractivity contribution in [2.45, 2.75) is 38.5 Å². The third kappa shape index (κ3) is 4.20. The summed E-state index contributed by atoms with van der Waals surface area (Å²) in [6.45, 7) is 4.66. The molecule has 130 valence electrons. The first-order valence-electron chi connectivity index (χ1n) is 8.36. The molecule has 0 unspecified atom stereocenters. The van der Waals surface area contributed by atoms with Gasteiger partial charge in [0.2, 0.25) is 5.91 Å². The molecule has 0 radical (unpaired) electrons. The van der Waals surface area contributed by atoms with Crippen molar-refractivity contribution >= 4 is 29.1 Å². The second-order valence-corrected chi connectivity index (χ2v) is 7.06. The SMILES string of the molecule is CCC[C@@H]1S/C(=N/N=C\c2ccco2)N(Cc2ccccc2C)C1=O. The molecule has 1 aromatic heterocycles. The Bertz CT molecular complexity index is 784. The number of amides is 1. The lowest BCUT2D eigenvalue weighted by Crippen LogP contribution is -2.31. The number of carbonyl (C=O) groups excluding carboxylic acids is 1. The molecule has 0 aliphatic carbocycles. The van der Waals surface area contributed by atoms with Gasteiger partial charge >= 0.3 is 0 Å². The lowest BCUT2D eigenvalue weighted by Gasteiger charge is -2.17. The van der Waals surface area contributed by atoms with Crippen LogP contribution < -0.4 is 0 Å². The molecule has 0 spiro atoms. The highest BCUT2D eigenvalue weighted by molar-refractivity contribution is 8.15. The van der Waals surface area contributed by atoms with Gasteiger partial charge in [0.1, 0.15) is 5.76 Å². The molecule has 0 N–H and O–H groups in total. The topological polar surface area (TPSA) is 58.2 Å². The molecular formula is C19H21N3O2S. The van der Waals surface area contributed by atoms with Crippen LogP contribution in [-0.4, -0.2) is 27.4 Å². The smallest absolute Gasteiger partial charge is 0.242 e. The fourth-order valence-electron chi connectivity index (χ4n) is 2.63. The van der Waals surface area contributed by atoms with Gasteiger partial charge in [-0.25, -0.2) is 0 Å². The lowest BCUT2D eigenvalue weighted by atomic mass is 10.1. The summed E-state index contributed by atoms with van der Waals surface area (Å²) in [5.74, 6) is 0.747. The highest BCUT2D eigenvalue weighted by Gasteiger charge is 2.37. The molecule has 1 aromatic carbocycles. The standard InChI is InChI=1S/C19H21N3O2S/c1-3-7-17-18(23)22(13-15-9-5-4-8-14(15)2)19(25-17)21-20-12-16-10-6-11-24-16/h4-6,8-12,17H,3,7,13H2,1-2H3/b20-12-,21-19+/t17-/m0/s1. The highest BCUT2D eigenvalue weighted by Crippen LogP contribution is 2.32. The quantitative estimate of drug-likeness (QED) is 0.576. The average molecular weight is 355 g/mol. The Kier molecular flexibility index (Phi) is 5.71. The van der Waals surface area contributed by atoms with Crippen LogP contribution in [0.15, 0.2) is 57.3 Å². The predicted molar refractivity (Wildman–Crippen MR) is 102 cm³/mol. The summed E-state index contributed by atoms with van der Waals surface area (Å²) in [5, 5.41) is 8.95. The van der Waals surface area contributed by atoms with E-state index in [0.717, 1.165) is 24.0 Å². The van der Waals surface area contributed by atoms with Crippen LogP contribution in [0.25, 0.3) is 0 Å². The predicted octanol–water partition coefficient (Wildman–Crippen LogP) is 4.22. The fourth-order valence-corrected chi connectivity index (χ4v) is 3.85. The number of carbonyl (C=O) groups is 1. The molecule has 1 aliphatic heterocycles. The van der Waals surface area contributed by atoms with E-state index < -0.39 is 0 Å². The van der Waals surface area contributed by atoms with E-state index in [-0.39, 0.29) is 11.2 Å². The minimum atomic E-state index is -0.0772. The molecule has 1 aliphatic rings. The minimum Gasteiger partial charge on any atom is -0.463 e. The lowest BCUT2D eigenvalue weighted by molar-refractivity contribution is -0.126. The molecule has 1 amide bonds. The largest absolute Gasteiger partial charge is 0.463 e. The third-order valence-electron chi connectivity index (χ3n) is 4.03. The van der Waals surface area contributed by atoms with Crippen molar-refractivity contribution < 1.29 is 9.21 Å². The Morgan fingerprint density at radius 2 is 2.12 bits per heavy atom. The van der Waals surface area contributed by atoms with Gasteiger partial charge in [-0.15, -0.1) is 5.10 Å². The third-order valence-corrected chi connectivity index (χ3v) is 5.27. The fraction of sp³-hybridized carbons (Fsp3) is 0.316. The minimum absolute atomic E-state index is 0.0772. The normalized spacial score (nSPS) is 19.4. The van der Waals surface area contributed by atoms with Crippen molar-refractivity contribution in [3.8, 4) is 0 Å². The van der Waals surface area contributed by atoms with Gasteiger partial charge in [-0.05, 0) is 36.6 Å². The number of thioether (sulfide) groups is 1. The van der Waals surface area contributed by atoms with Crippen LogP contribution in [0.3, 0.4) is 0 Å². The molecule has 5 nitrogen and oxygen atoms in total. The zero-order valence-corrected chi connectivity index (χ0v) is 15.2. The molecule has 1 saturated heterocycles. The Hall–Kier alpha value is -2.34. The Morgan fingerprint density at radius 3 is 2.84 bits per heavy atom. The van der Waals surface area contributed by atoms with Gasteiger partial charge in [0.15, 0.2) is 5.17 Å². The van der Waals surface area contributed by atoms with Crippen LogP contribution in [-0.2, 0) is 11.3 Å². The number of benzene rings is 1. The first-order chi connectivity index (χ1) is 12.2. The van der Waals surface area contributed by atoms with Gasteiger partial charge in [0, 0.05) is 0 Å². The molecule has 3 rings (SSSR count). The highest BCUT2D eigenvalue weighted by atomic mass is 32.2. The van der Waals surface area contributed by atoms with E-state index in [1.54, 1.807) is 23.4 Å². The Labute approximate surface area is 151 Å². The molecular weight excluding hydrogens is 334 g/mol. The average Bonchev–Trinajstić information content (AvgIpc) is 3.21. The molecule has 1 atom stereocenters. The van der Waals surface area contributed by atoms with Gasteiger partial charge < -0.3 is 4.42 Å². The van der Waals surface area contributed by atoms with Crippen molar-refractivity contribution in [1.29, 1.82) is 0 Å². The van der Waals surface area contributed by atoms with Gasteiger partial charge in [-0.1, -0.05) is 49.4 Å². The van der Waals surface area contributed by atoms with Crippen LogP contribution in [0.2, 0.25) is 0 Å². The van der Waals surface area contributed by atoms with Crippen molar-refractivity contribution in [2.75, 3.05) is 0 Å². The zero-order valence-electron chi connectivity index (χ0n) is 14.4. The van der Waals surface area contributed by atoms with Gasteiger partial charge in [0.25, 0.3) is 0 Å². The molecule has 2 heterocycles. The maximum Gasteiger partial charge on any atom is 0.242 e. The number of rotatable bonds is 6. The summed E-state index contributed by atoms with van der Waals surface area (Å²) in [4.78, 5) is 14.5. The van der Waals surface area contributed by atoms with Crippen LogP contribution in [0.5, 0.6) is 0 Å². The van der Waals surface area contributed by atoms with Gasteiger partial charge in [-0.2, -0.15) is 5.10 Å². The number of amidine groups is 1. The molecule has 6 heteroatoms. The van der Waals surface area contributed by atoms with Gasteiger partial charge in [-0.3, -0.25) is 9.69 Å². The molecule has 2 aromatic rings. The van der Waals surface area contributed by atoms with Crippen LogP contribution in [0, 0.1) is 6.92 Å². The summed E-state index contributed by atoms with van der Waals surface area (Å²) in [6.07, 6.45) is 4.94. The van der Waals surface area contributed by atoms with Crippen molar-refractivity contribution in [1.82, 2.24) is 4.90 Å². The van der Waals surface area contributed by atoms with Crippen molar-refractivity contribution in [2.24, 2.45) is 10.2 Å². The second-order valence-electron chi connectivity index (χ2n) is 5.89. The number of hydrogen-bond donors (Lipinski definition) is 0. The van der Waals surface area contributed by atoms with Crippen LogP contribution in [0.4, 0.5) is 0 Å². The maximum atomic E-state index is 12.8. The maximum absolute atomic E-state index is 12.8. The second kappa shape index (κ2) is 8.16. The number of nitrogens with zero attached hydrogens (tertiary/aromatic N) is 3. The first kappa shape index (κ1) is 17.5. The molecule has 0 bridgehead atoms. The molecule has 25 heavy (non-hydrogen) atoms. The van der Waals surface area contributed by atoms with Gasteiger partial charge in [0.05, 0.1) is 24.3 Å². The van der Waals surface area contributed by atoms with Crippen molar-refractivity contribution in [3.05, 3.63) is 59.5 Å². The first-order valence-corrected chi connectivity index (χ1v) is 9.24. The van der Waals surface area contributed by atoms with E-state index in [4.69, 9.17) is 4.42 Å². The zero-order chi connectivity index (χ0) is 17.6. The number of aryl methyl sites for hydroxylation is 1. The Morgan fingerprint density at radius 1 is 1.28 bits per heavy atom. The van der Waals surface area contributed by atoms with Crippen molar-refractivity contribution in [3.63, 3.8) is 0 Å². The molecule has 1 fully saturated rings. The van der Waals surface area contributed by atoms with E-state index in [9.17, 15) is 4.79 Å². The molecule has 0 saturated carbocycles. The summed E-state index contributed by atoms with van der Waals surface area (Å²) in [6, 6.07) is 11.7. The van der Waals surface area contributed by atoms with E-state index in [1.165, 1.54) is 11.8 Å². The van der Waals surface area contributed by atoms with E-state index in [2.05, 4.69) is 30.1 Å².